The molecule has 0 bridgehead atoms. The largest absolute Gasteiger partial charge is 0.862 e. The van der Waals surface area contributed by atoms with Crippen LogP contribution in [0, 0.1) is 0 Å². The van der Waals surface area contributed by atoms with Gasteiger partial charge in [0, 0.05) is 61.9 Å². The molecule has 3 N–H and O–H groups in total. The van der Waals surface area contributed by atoms with E-state index >= 15 is 0 Å². The molecule has 0 radical (unpaired) electrons. The number of nitrogens with zero attached hydrogens (tertiary/aromatic N) is 6. The van der Waals surface area contributed by atoms with Crippen LogP contribution in [0.4, 0.5) is 17.1 Å². The standard InChI is InChI=1S/C36H41N7O3/c1-4-42(5-2)30-18-20-33-35(23-30)43(29-10-7-6-8-11-29)34-22-27(15-19-32(34)38-33)40-39-26-13-16-28(17-14-26)41(3)21-9-12-36(46)37-24-31(45)25-44/h6-8,10-11,13-20,22-23,31,44-45H,4-5,9,12,21,24-25H2,1-3H3/p+1. The van der Waals surface area contributed by atoms with E-state index in [0.29, 0.717) is 13.0 Å². The minimum absolute atomic E-state index is 0.0689. The van der Waals surface area contributed by atoms with Crippen molar-refractivity contribution >= 4 is 34.0 Å². The summed E-state index contributed by atoms with van der Waals surface area (Å²) in [6.45, 7) is 6.42. The molecular weight excluding hydrogens is 578 g/mol. The Balaban J connectivity index is 1.41. The maximum Gasteiger partial charge on any atom is 0.368 e. The first-order valence-electron chi connectivity index (χ1n) is 15.8. The van der Waals surface area contributed by atoms with Gasteiger partial charge in [0.1, 0.15) is 22.0 Å². The maximum absolute atomic E-state index is 11.9. The summed E-state index contributed by atoms with van der Waals surface area (Å²) in [4.78, 5) is 16.4. The highest BCUT2D eigenvalue weighted by Gasteiger charge is 2.22. The van der Waals surface area contributed by atoms with Gasteiger partial charge in [0.05, 0.1) is 30.1 Å². The minimum Gasteiger partial charge on any atom is -0.862 e. The molecule has 1 aliphatic carbocycles. The third kappa shape index (κ3) is 7.79. The predicted molar refractivity (Wildman–Crippen MR) is 180 cm³/mol. The highest BCUT2D eigenvalue weighted by atomic mass is 16.3. The fourth-order valence-corrected chi connectivity index (χ4v) is 5.43. The van der Waals surface area contributed by atoms with Crippen LogP contribution in [-0.4, -0.2) is 71.4 Å². The van der Waals surface area contributed by atoms with E-state index in [2.05, 4.69) is 96.6 Å². The summed E-state index contributed by atoms with van der Waals surface area (Å²) in [5.41, 5.74) is 8.10. The van der Waals surface area contributed by atoms with Gasteiger partial charge in [-0.25, -0.2) is 4.98 Å². The number of aliphatic hydroxyl groups excluding tert-OH is 2. The average Bonchev–Trinajstić information content (AvgIpc) is 3.09. The second kappa shape index (κ2) is 15.3. The molecule has 10 nitrogen and oxygen atoms in total. The van der Waals surface area contributed by atoms with Gasteiger partial charge in [0.2, 0.25) is 11.2 Å². The number of aromatic nitrogens is 2. The van der Waals surface area contributed by atoms with E-state index in [4.69, 9.17) is 5.11 Å². The number of nitrogens with one attached hydrogen (secondary N) is 1. The summed E-state index contributed by atoms with van der Waals surface area (Å²) in [5.74, 6) is -0.268. The van der Waals surface area contributed by atoms with E-state index in [9.17, 15) is 10.2 Å². The Labute approximate surface area is 269 Å². The molecule has 0 spiro atoms. The van der Waals surface area contributed by atoms with E-state index in [0.717, 1.165) is 57.9 Å². The van der Waals surface area contributed by atoms with Gasteiger partial charge in [0.15, 0.2) is 0 Å². The number of aliphatic imine (C=N–C) groups is 1. The molecule has 1 aliphatic heterocycles. The van der Waals surface area contributed by atoms with Crippen LogP contribution in [0.15, 0.2) is 101 Å². The van der Waals surface area contributed by atoms with Crippen LogP contribution in [0.2, 0.25) is 0 Å². The Morgan fingerprint density at radius 1 is 0.957 bits per heavy atom. The first-order chi connectivity index (χ1) is 22.4. The van der Waals surface area contributed by atoms with Crippen molar-refractivity contribution < 1.29 is 25.1 Å². The zero-order valence-electron chi connectivity index (χ0n) is 26.7. The number of fused-ring (bicyclic) bond motifs is 2. The van der Waals surface area contributed by atoms with Crippen LogP contribution in [0.1, 0.15) is 26.7 Å². The molecule has 0 aromatic heterocycles. The average molecular weight is 621 g/mol. The van der Waals surface area contributed by atoms with Crippen molar-refractivity contribution in [2.45, 2.75) is 32.8 Å². The van der Waals surface area contributed by atoms with E-state index < -0.39 is 12.7 Å². The number of aromatic amines is 1. The van der Waals surface area contributed by atoms with Gasteiger partial charge < -0.3 is 30.1 Å². The lowest BCUT2D eigenvalue weighted by molar-refractivity contribution is -0.332. The molecule has 3 aromatic carbocycles. The van der Waals surface area contributed by atoms with Gasteiger partial charge in [-0.2, -0.15) is 0 Å². The molecule has 0 amide bonds. The van der Waals surface area contributed by atoms with Gasteiger partial charge in [-0.05, 0) is 81.1 Å². The maximum atomic E-state index is 11.9. The number of aliphatic hydroxyl groups is 2. The molecule has 0 fully saturated rings. The SMILES string of the molecule is CCN(CC)c1ccc2[nH+]c3ccc(=[N+]=Nc4ccc(N(C)CCCC([O-])=NCC(O)CO)cc4)cc-3n(-c3ccccc3)c2c1. The van der Waals surface area contributed by atoms with Crippen LogP contribution in [0.3, 0.4) is 0 Å². The van der Waals surface area contributed by atoms with Crippen molar-refractivity contribution in [2.75, 3.05) is 49.6 Å². The molecule has 3 aromatic rings. The number of rotatable bonds is 13. The molecule has 0 saturated heterocycles. The van der Waals surface area contributed by atoms with Crippen LogP contribution >= 0.6 is 0 Å². The van der Waals surface area contributed by atoms with Crippen LogP contribution in [0.25, 0.3) is 28.1 Å². The lowest BCUT2D eigenvalue weighted by atomic mass is 10.1. The second-order valence-corrected chi connectivity index (χ2v) is 11.2. The first-order valence-corrected chi connectivity index (χ1v) is 15.8. The third-order valence-electron chi connectivity index (χ3n) is 8.00. The van der Waals surface area contributed by atoms with Crippen molar-refractivity contribution in [3.63, 3.8) is 0 Å². The molecule has 46 heavy (non-hydrogen) atoms. The fourth-order valence-electron chi connectivity index (χ4n) is 5.43. The summed E-state index contributed by atoms with van der Waals surface area (Å²) in [6.07, 6.45) is -0.0708. The van der Waals surface area contributed by atoms with E-state index in [1.807, 2.05) is 49.5 Å². The molecule has 1 atom stereocenters. The monoisotopic (exact) mass is 620 g/mol. The van der Waals surface area contributed by atoms with Gasteiger partial charge in [0.25, 0.3) is 0 Å². The molecule has 2 aliphatic rings. The quantitative estimate of drug-likeness (QED) is 0.0684. The number of hydrogen-bond acceptors (Lipinski definition) is 7. The summed E-state index contributed by atoms with van der Waals surface area (Å²) in [7, 11) is 1.97. The van der Waals surface area contributed by atoms with Crippen LogP contribution < -0.4 is 25.2 Å². The highest BCUT2D eigenvalue weighted by Crippen LogP contribution is 2.28. The first kappa shape index (κ1) is 32.4. The van der Waals surface area contributed by atoms with Crippen LogP contribution in [-0.2, 0) is 0 Å². The molecule has 1 unspecified atom stereocenters. The summed E-state index contributed by atoms with van der Waals surface area (Å²) < 4.78 is 2.28. The van der Waals surface area contributed by atoms with E-state index in [1.54, 1.807) is 0 Å². The van der Waals surface area contributed by atoms with Crippen LogP contribution in [0.5, 0.6) is 0 Å². The second-order valence-electron chi connectivity index (χ2n) is 11.2. The zero-order chi connectivity index (χ0) is 32.5. The van der Waals surface area contributed by atoms with Gasteiger partial charge in [-0.3, -0.25) is 4.57 Å². The van der Waals surface area contributed by atoms with Crippen molar-refractivity contribution in [1.82, 2.24) is 4.57 Å². The number of benzene rings is 4. The van der Waals surface area contributed by atoms with Gasteiger partial charge >= 0.3 is 5.36 Å². The Hall–Kier alpha value is -5.02. The third-order valence-corrected chi connectivity index (χ3v) is 8.00. The smallest absolute Gasteiger partial charge is 0.368 e. The molecule has 5 rings (SSSR count). The van der Waals surface area contributed by atoms with Crippen molar-refractivity contribution in [2.24, 2.45) is 10.1 Å². The van der Waals surface area contributed by atoms with Crippen molar-refractivity contribution in [1.29, 1.82) is 0 Å². The van der Waals surface area contributed by atoms with Gasteiger partial charge in [-0.1, -0.05) is 18.2 Å². The lowest BCUT2D eigenvalue weighted by Gasteiger charge is -2.22. The fraction of sp³-hybridized carbons (Fsp3) is 0.306. The number of hydrogen-bond donors (Lipinski definition) is 2. The van der Waals surface area contributed by atoms with Crippen molar-refractivity contribution in [3.05, 3.63) is 96.4 Å². The van der Waals surface area contributed by atoms with Crippen molar-refractivity contribution in [3.8, 4) is 17.1 Å². The normalized spacial score (nSPS) is 12.2. The minimum atomic E-state index is -0.987. The predicted octanol–water partition coefficient (Wildman–Crippen LogP) is 3.62. The number of para-hydroxylation sites is 1. The molecular formula is C36H42N7O3+. The zero-order valence-corrected chi connectivity index (χ0v) is 26.7. The Bertz CT molecular complexity index is 1840. The molecule has 0 saturated carbocycles. The lowest BCUT2D eigenvalue weighted by Crippen LogP contribution is -2.25. The molecule has 238 valence electrons. The van der Waals surface area contributed by atoms with E-state index in [1.165, 1.54) is 5.69 Å². The molecule has 10 heteroatoms. The van der Waals surface area contributed by atoms with Gasteiger partial charge in [-0.15, -0.1) is 0 Å². The summed E-state index contributed by atoms with van der Waals surface area (Å²) in [6, 6.07) is 30.8. The number of anilines is 2. The summed E-state index contributed by atoms with van der Waals surface area (Å²) >= 11 is 0. The molecule has 1 heterocycles. The Morgan fingerprint density at radius 3 is 2.41 bits per heavy atom. The summed E-state index contributed by atoms with van der Waals surface area (Å²) in [5, 5.41) is 35.3. The Morgan fingerprint density at radius 2 is 1.70 bits per heavy atom. The number of H-pyrrole nitrogens is 1. The topological polar surface area (TPSA) is 128 Å². The van der Waals surface area contributed by atoms with E-state index in [-0.39, 0.29) is 18.9 Å². The Kier molecular flexibility index (Phi) is 10.8. The highest BCUT2D eigenvalue weighted by molar-refractivity contribution is 5.82.